The number of rotatable bonds is 7. The maximum atomic E-state index is 13.5. The van der Waals surface area contributed by atoms with Gasteiger partial charge in [-0.05, 0) is 85.2 Å². The van der Waals surface area contributed by atoms with Crippen LogP contribution in [0.1, 0.15) is 87.2 Å². The number of nitrogens with zero attached hydrogens (tertiary/aromatic N) is 1. The smallest absolute Gasteiger partial charge is 0.300 e. The second-order valence-electron chi connectivity index (χ2n) is 10.9. The zero-order valence-electron chi connectivity index (χ0n) is 23.3. The molecule has 1 N–H and O–H groups in total. The molecule has 3 aromatic rings. The largest absolute Gasteiger partial charge is 0.507 e. The fourth-order valence-electron chi connectivity index (χ4n) is 4.84. The molecule has 38 heavy (non-hydrogen) atoms. The minimum absolute atomic E-state index is 0.00867. The molecule has 0 spiro atoms. The minimum atomic E-state index is -0.756. The predicted octanol–water partition coefficient (Wildman–Crippen LogP) is 7.66. The van der Waals surface area contributed by atoms with Gasteiger partial charge >= 0.3 is 0 Å². The Morgan fingerprint density at radius 1 is 0.816 bits per heavy atom. The molecule has 5 heteroatoms. The SMILES string of the molecule is Cc1cc(/C(O)=C2/C(=O)C(=O)N(c3ccc(C(C)C)cc3)C2c2ccc(C(C)C)cc2)ccc1OC(C)C. The third kappa shape index (κ3) is 5.24. The van der Waals surface area contributed by atoms with Crippen LogP contribution in [0.25, 0.3) is 5.76 Å². The molecule has 5 nitrogen and oxygen atoms in total. The van der Waals surface area contributed by atoms with Gasteiger partial charge in [0.25, 0.3) is 11.7 Å². The summed E-state index contributed by atoms with van der Waals surface area (Å²) >= 11 is 0. The Labute approximate surface area is 225 Å². The van der Waals surface area contributed by atoms with Crippen LogP contribution in [0.15, 0.2) is 72.3 Å². The average molecular weight is 512 g/mol. The Balaban J connectivity index is 1.87. The van der Waals surface area contributed by atoms with Gasteiger partial charge in [0.15, 0.2) is 0 Å². The van der Waals surface area contributed by atoms with E-state index in [1.165, 1.54) is 4.90 Å². The van der Waals surface area contributed by atoms with Crippen LogP contribution in [0, 0.1) is 6.92 Å². The number of anilines is 1. The number of ketones is 1. The number of aliphatic hydroxyl groups excluding tert-OH is 1. The summed E-state index contributed by atoms with van der Waals surface area (Å²) in [6.45, 7) is 14.2. The van der Waals surface area contributed by atoms with Gasteiger partial charge in [-0.2, -0.15) is 0 Å². The first-order chi connectivity index (χ1) is 18.0. The van der Waals surface area contributed by atoms with Crippen molar-refractivity contribution >= 4 is 23.1 Å². The Morgan fingerprint density at radius 3 is 1.87 bits per heavy atom. The molecule has 1 aliphatic rings. The van der Waals surface area contributed by atoms with Crippen LogP contribution < -0.4 is 9.64 Å². The molecule has 1 unspecified atom stereocenters. The third-order valence-electron chi connectivity index (χ3n) is 7.01. The summed E-state index contributed by atoms with van der Waals surface area (Å²) in [5, 5.41) is 11.5. The maximum absolute atomic E-state index is 13.5. The highest BCUT2D eigenvalue weighted by Crippen LogP contribution is 2.43. The van der Waals surface area contributed by atoms with Crippen LogP contribution >= 0.6 is 0 Å². The van der Waals surface area contributed by atoms with E-state index >= 15 is 0 Å². The summed E-state index contributed by atoms with van der Waals surface area (Å²) in [5.41, 5.74) is 5.06. The quantitative estimate of drug-likeness (QED) is 0.201. The van der Waals surface area contributed by atoms with Crippen molar-refractivity contribution in [3.63, 3.8) is 0 Å². The monoisotopic (exact) mass is 511 g/mol. The summed E-state index contributed by atoms with van der Waals surface area (Å²) in [6.07, 6.45) is 0.00867. The number of carbonyl (C=O) groups is 2. The van der Waals surface area contributed by atoms with Gasteiger partial charge < -0.3 is 9.84 Å². The number of amides is 1. The van der Waals surface area contributed by atoms with Crippen LogP contribution in [-0.2, 0) is 9.59 Å². The molecule has 0 radical (unpaired) electrons. The topological polar surface area (TPSA) is 66.8 Å². The highest BCUT2D eigenvalue weighted by molar-refractivity contribution is 6.51. The van der Waals surface area contributed by atoms with E-state index in [0.29, 0.717) is 28.8 Å². The second-order valence-corrected chi connectivity index (χ2v) is 10.9. The van der Waals surface area contributed by atoms with Crippen molar-refractivity contribution in [1.29, 1.82) is 0 Å². The first kappa shape index (κ1) is 27.2. The van der Waals surface area contributed by atoms with Crippen LogP contribution in [0.4, 0.5) is 5.69 Å². The van der Waals surface area contributed by atoms with Crippen molar-refractivity contribution in [1.82, 2.24) is 0 Å². The Morgan fingerprint density at radius 2 is 1.37 bits per heavy atom. The number of carbonyl (C=O) groups excluding carboxylic acids is 2. The molecule has 1 amide bonds. The molecule has 0 saturated carbocycles. The summed E-state index contributed by atoms with van der Waals surface area (Å²) in [5.74, 6) is -0.157. The molecule has 3 aromatic carbocycles. The number of Topliss-reactive ketones (excluding diaryl/α,β-unsaturated/α-hetero) is 1. The van der Waals surface area contributed by atoms with Crippen molar-refractivity contribution in [2.24, 2.45) is 0 Å². The molecular weight excluding hydrogens is 474 g/mol. The van der Waals surface area contributed by atoms with Gasteiger partial charge in [-0.3, -0.25) is 14.5 Å². The molecule has 0 aromatic heterocycles. The Hall–Kier alpha value is -3.86. The molecule has 0 aliphatic carbocycles. The Bertz CT molecular complexity index is 1370. The lowest BCUT2D eigenvalue weighted by Gasteiger charge is -2.26. The van der Waals surface area contributed by atoms with Gasteiger partial charge in [0.05, 0.1) is 17.7 Å². The van der Waals surface area contributed by atoms with Gasteiger partial charge in [0.1, 0.15) is 11.5 Å². The summed E-state index contributed by atoms with van der Waals surface area (Å²) in [6, 6.07) is 20.2. The van der Waals surface area contributed by atoms with Crippen LogP contribution in [0.3, 0.4) is 0 Å². The summed E-state index contributed by atoms with van der Waals surface area (Å²) < 4.78 is 5.84. The molecule has 1 atom stereocenters. The molecule has 1 heterocycles. The van der Waals surface area contributed by atoms with Gasteiger partial charge in [-0.15, -0.1) is 0 Å². The molecule has 1 aliphatic heterocycles. The minimum Gasteiger partial charge on any atom is -0.507 e. The highest BCUT2D eigenvalue weighted by atomic mass is 16.5. The van der Waals surface area contributed by atoms with Crippen molar-refractivity contribution in [3.05, 3.63) is 100 Å². The van der Waals surface area contributed by atoms with Crippen molar-refractivity contribution < 1.29 is 19.4 Å². The number of aryl methyl sites for hydroxylation is 1. The molecule has 0 bridgehead atoms. The standard InChI is InChI=1S/C33H37NO4/c1-19(2)23-8-10-25(11-9-23)30-29(31(35)26-14-17-28(22(7)18-26)38-21(5)6)32(36)33(37)34(30)27-15-12-24(13-16-27)20(3)4/h8-21,30,35H,1-7H3/b31-29-. The van der Waals surface area contributed by atoms with E-state index in [4.69, 9.17) is 4.74 Å². The summed E-state index contributed by atoms with van der Waals surface area (Å²) in [7, 11) is 0. The Kier molecular flexibility index (Phi) is 7.77. The van der Waals surface area contributed by atoms with Crippen LogP contribution in [0.5, 0.6) is 5.75 Å². The van der Waals surface area contributed by atoms with E-state index in [1.54, 1.807) is 18.2 Å². The lowest BCUT2D eigenvalue weighted by Crippen LogP contribution is -2.29. The van der Waals surface area contributed by atoms with E-state index in [9.17, 15) is 14.7 Å². The fraction of sp³-hybridized carbons (Fsp3) is 0.333. The molecule has 198 valence electrons. The highest BCUT2D eigenvalue weighted by Gasteiger charge is 2.47. The number of ether oxygens (including phenoxy) is 1. The van der Waals surface area contributed by atoms with Gasteiger partial charge in [0, 0.05) is 11.3 Å². The lowest BCUT2D eigenvalue weighted by atomic mass is 9.92. The van der Waals surface area contributed by atoms with E-state index < -0.39 is 17.7 Å². The molecule has 4 rings (SSSR count). The van der Waals surface area contributed by atoms with Gasteiger partial charge in [-0.1, -0.05) is 64.1 Å². The van der Waals surface area contributed by atoms with Crippen molar-refractivity contribution in [2.45, 2.75) is 72.4 Å². The number of hydrogen-bond acceptors (Lipinski definition) is 4. The predicted molar refractivity (Wildman–Crippen MR) is 153 cm³/mol. The van der Waals surface area contributed by atoms with Crippen LogP contribution in [0.2, 0.25) is 0 Å². The normalized spacial score (nSPS) is 17.2. The second kappa shape index (κ2) is 10.9. The van der Waals surface area contributed by atoms with E-state index in [1.807, 2.05) is 69.3 Å². The van der Waals surface area contributed by atoms with Crippen molar-refractivity contribution in [2.75, 3.05) is 4.90 Å². The lowest BCUT2D eigenvalue weighted by molar-refractivity contribution is -0.132. The first-order valence-corrected chi connectivity index (χ1v) is 13.3. The van der Waals surface area contributed by atoms with Crippen LogP contribution in [-0.4, -0.2) is 22.9 Å². The van der Waals surface area contributed by atoms with E-state index in [2.05, 4.69) is 27.7 Å². The third-order valence-corrected chi connectivity index (χ3v) is 7.01. The number of hydrogen-bond donors (Lipinski definition) is 1. The molecular formula is C33H37NO4. The summed E-state index contributed by atoms with van der Waals surface area (Å²) in [4.78, 5) is 28.5. The zero-order valence-corrected chi connectivity index (χ0v) is 23.3. The first-order valence-electron chi connectivity index (χ1n) is 13.3. The molecule has 1 saturated heterocycles. The zero-order chi connectivity index (χ0) is 27.7. The number of benzene rings is 3. The maximum Gasteiger partial charge on any atom is 0.300 e. The van der Waals surface area contributed by atoms with Gasteiger partial charge in [-0.25, -0.2) is 0 Å². The van der Waals surface area contributed by atoms with Crippen molar-refractivity contribution in [3.8, 4) is 5.75 Å². The van der Waals surface area contributed by atoms with E-state index in [-0.39, 0.29) is 17.4 Å². The number of aliphatic hydroxyl groups is 1. The molecule has 1 fully saturated rings. The van der Waals surface area contributed by atoms with Gasteiger partial charge in [0.2, 0.25) is 0 Å². The average Bonchev–Trinajstić information content (AvgIpc) is 3.14. The van der Waals surface area contributed by atoms with E-state index in [0.717, 1.165) is 22.3 Å². The fourth-order valence-corrected chi connectivity index (χ4v) is 4.84.